The molecule has 0 spiro atoms. The van der Waals surface area contributed by atoms with Crippen LogP contribution in [0.4, 0.5) is 5.69 Å². The predicted molar refractivity (Wildman–Crippen MR) is 74.7 cm³/mol. The molecule has 0 unspecified atom stereocenters. The van der Waals surface area contributed by atoms with Crippen molar-refractivity contribution in [1.82, 2.24) is 9.78 Å². The van der Waals surface area contributed by atoms with Crippen LogP contribution in [-0.2, 0) is 6.54 Å². The van der Waals surface area contributed by atoms with Crippen LogP contribution in [0.3, 0.4) is 0 Å². The molecule has 1 aliphatic carbocycles. The van der Waals surface area contributed by atoms with Crippen LogP contribution in [0.1, 0.15) is 18.4 Å². The quantitative estimate of drug-likeness (QED) is 0.890. The lowest BCUT2D eigenvalue weighted by Crippen LogP contribution is -2.00. The van der Waals surface area contributed by atoms with Gasteiger partial charge in [-0.25, -0.2) is 0 Å². The topological polar surface area (TPSA) is 29.9 Å². The summed E-state index contributed by atoms with van der Waals surface area (Å²) in [6.45, 7) is 3.22. The van der Waals surface area contributed by atoms with Crippen molar-refractivity contribution < 1.29 is 0 Å². The Balaban J connectivity index is 1.86. The maximum absolute atomic E-state index is 4.71. The third-order valence-corrected chi connectivity index (χ3v) is 3.53. The molecule has 1 fully saturated rings. The van der Waals surface area contributed by atoms with Crippen molar-refractivity contribution in [3.63, 3.8) is 0 Å². The van der Waals surface area contributed by atoms with Crippen LogP contribution in [0.15, 0.2) is 30.5 Å². The fourth-order valence-electron chi connectivity index (χ4n) is 2.26. The molecule has 0 bridgehead atoms. The van der Waals surface area contributed by atoms with Gasteiger partial charge in [-0.3, -0.25) is 4.68 Å². The summed E-state index contributed by atoms with van der Waals surface area (Å²) in [6, 6.07) is 8.44. The van der Waals surface area contributed by atoms with Crippen molar-refractivity contribution in [3.8, 4) is 11.3 Å². The molecule has 0 radical (unpaired) electrons. The summed E-state index contributed by atoms with van der Waals surface area (Å²) >= 11 is 0. The number of rotatable bonds is 4. The number of hydrogen-bond donors (Lipinski definition) is 1. The van der Waals surface area contributed by atoms with E-state index in [9.17, 15) is 0 Å². The molecule has 1 saturated carbocycles. The zero-order chi connectivity index (χ0) is 12.5. The van der Waals surface area contributed by atoms with E-state index in [0.717, 1.165) is 23.8 Å². The molecule has 1 aliphatic rings. The lowest BCUT2D eigenvalue weighted by atomic mass is 10.1. The van der Waals surface area contributed by atoms with E-state index in [-0.39, 0.29) is 0 Å². The van der Waals surface area contributed by atoms with Gasteiger partial charge in [-0.15, -0.1) is 0 Å². The molecule has 3 heteroatoms. The fraction of sp³-hybridized carbons (Fsp3) is 0.400. The Morgan fingerprint density at radius 1 is 1.28 bits per heavy atom. The number of benzene rings is 1. The number of nitrogens with one attached hydrogen (secondary N) is 1. The molecule has 2 aromatic rings. The Morgan fingerprint density at radius 3 is 2.61 bits per heavy atom. The van der Waals surface area contributed by atoms with E-state index in [1.54, 1.807) is 0 Å². The minimum atomic E-state index is 0.865. The predicted octanol–water partition coefficient (Wildman–Crippen LogP) is 3.31. The van der Waals surface area contributed by atoms with Crippen LogP contribution in [0.5, 0.6) is 0 Å². The Labute approximate surface area is 108 Å². The van der Waals surface area contributed by atoms with Gasteiger partial charge in [0.25, 0.3) is 0 Å². The van der Waals surface area contributed by atoms with Crippen LogP contribution in [0, 0.1) is 12.8 Å². The van der Waals surface area contributed by atoms with Gasteiger partial charge in [0.05, 0.1) is 5.69 Å². The molecule has 0 aliphatic heterocycles. The van der Waals surface area contributed by atoms with Gasteiger partial charge in [0.15, 0.2) is 0 Å². The van der Waals surface area contributed by atoms with E-state index in [2.05, 4.69) is 47.4 Å². The highest BCUT2D eigenvalue weighted by Crippen LogP contribution is 2.31. The maximum Gasteiger partial charge on any atom is 0.0952 e. The van der Waals surface area contributed by atoms with Crippen molar-refractivity contribution in [3.05, 3.63) is 36.0 Å². The van der Waals surface area contributed by atoms with E-state index < -0.39 is 0 Å². The van der Waals surface area contributed by atoms with Gasteiger partial charge in [0.1, 0.15) is 0 Å². The van der Waals surface area contributed by atoms with Crippen molar-refractivity contribution in [1.29, 1.82) is 0 Å². The van der Waals surface area contributed by atoms with Crippen LogP contribution in [0.2, 0.25) is 0 Å². The van der Waals surface area contributed by atoms with Gasteiger partial charge in [-0.05, 0) is 43.4 Å². The van der Waals surface area contributed by atoms with E-state index in [4.69, 9.17) is 5.10 Å². The molecule has 3 nitrogen and oxygen atoms in total. The number of aryl methyl sites for hydroxylation is 1. The van der Waals surface area contributed by atoms with Crippen LogP contribution in [0.25, 0.3) is 11.3 Å². The molecule has 0 amide bonds. The first-order chi connectivity index (χ1) is 8.76. The van der Waals surface area contributed by atoms with Crippen molar-refractivity contribution >= 4 is 5.69 Å². The number of hydrogen-bond acceptors (Lipinski definition) is 2. The minimum Gasteiger partial charge on any atom is -0.388 e. The average molecular weight is 241 g/mol. The first-order valence-electron chi connectivity index (χ1n) is 6.58. The second kappa shape index (κ2) is 4.48. The summed E-state index contributed by atoms with van der Waals surface area (Å²) in [5.41, 5.74) is 4.70. The van der Waals surface area contributed by atoms with Gasteiger partial charge in [0, 0.05) is 31.0 Å². The molecule has 3 rings (SSSR count). The number of nitrogens with zero attached hydrogens (tertiary/aromatic N) is 2. The summed E-state index contributed by atoms with van der Waals surface area (Å²) in [4.78, 5) is 0. The molecule has 1 heterocycles. The molecule has 1 aromatic heterocycles. The normalized spacial score (nSPS) is 14.8. The second-order valence-corrected chi connectivity index (χ2v) is 5.15. The van der Waals surface area contributed by atoms with Gasteiger partial charge in [0.2, 0.25) is 0 Å². The largest absolute Gasteiger partial charge is 0.388 e. The Morgan fingerprint density at radius 2 is 2.00 bits per heavy atom. The summed E-state index contributed by atoms with van der Waals surface area (Å²) in [5.74, 6) is 0.865. The average Bonchev–Trinajstić information content (AvgIpc) is 3.12. The third-order valence-electron chi connectivity index (χ3n) is 3.53. The molecule has 1 N–H and O–H groups in total. The first kappa shape index (κ1) is 11.3. The zero-order valence-corrected chi connectivity index (χ0v) is 11.0. The standard InChI is InChI=1S/C15H19N3/c1-11-9-18(10-12-3-4-12)17-15(11)13-5-7-14(16-2)8-6-13/h5-9,12,16H,3-4,10H2,1-2H3. The van der Waals surface area contributed by atoms with E-state index in [0.29, 0.717) is 0 Å². The van der Waals surface area contributed by atoms with Crippen molar-refractivity contribution in [2.24, 2.45) is 5.92 Å². The van der Waals surface area contributed by atoms with E-state index >= 15 is 0 Å². The first-order valence-corrected chi connectivity index (χ1v) is 6.58. The molecule has 0 atom stereocenters. The van der Waals surface area contributed by atoms with Crippen molar-refractivity contribution in [2.75, 3.05) is 12.4 Å². The number of aromatic nitrogens is 2. The molecule has 18 heavy (non-hydrogen) atoms. The third kappa shape index (κ3) is 2.26. The summed E-state index contributed by atoms with van der Waals surface area (Å²) < 4.78 is 2.11. The van der Waals surface area contributed by atoms with Gasteiger partial charge < -0.3 is 5.32 Å². The second-order valence-electron chi connectivity index (χ2n) is 5.15. The van der Waals surface area contributed by atoms with Crippen LogP contribution < -0.4 is 5.32 Å². The lowest BCUT2D eigenvalue weighted by molar-refractivity contribution is 0.564. The number of anilines is 1. The van der Waals surface area contributed by atoms with Crippen molar-refractivity contribution in [2.45, 2.75) is 26.3 Å². The van der Waals surface area contributed by atoms with Crippen LogP contribution >= 0.6 is 0 Å². The molecular formula is C15H19N3. The molecular weight excluding hydrogens is 222 g/mol. The Hall–Kier alpha value is -1.77. The highest BCUT2D eigenvalue weighted by Gasteiger charge is 2.22. The van der Waals surface area contributed by atoms with E-state index in [1.165, 1.54) is 24.0 Å². The summed E-state index contributed by atoms with van der Waals surface area (Å²) in [6.07, 6.45) is 4.90. The summed E-state index contributed by atoms with van der Waals surface area (Å²) in [7, 11) is 1.94. The maximum atomic E-state index is 4.71. The Bertz CT molecular complexity index is 535. The van der Waals surface area contributed by atoms with Crippen LogP contribution in [-0.4, -0.2) is 16.8 Å². The monoisotopic (exact) mass is 241 g/mol. The highest BCUT2D eigenvalue weighted by atomic mass is 15.3. The lowest BCUT2D eigenvalue weighted by Gasteiger charge is -2.02. The van der Waals surface area contributed by atoms with Gasteiger partial charge >= 0.3 is 0 Å². The minimum absolute atomic E-state index is 0.865. The van der Waals surface area contributed by atoms with Gasteiger partial charge in [-0.2, -0.15) is 5.10 Å². The smallest absolute Gasteiger partial charge is 0.0952 e. The Kier molecular flexibility index (Phi) is 2.82. The molecule has 94 valence electrons. The zero-order valence-electron chi connectivity index (χ0n) is 11.0. The summed E-state index contributed by atoms with van der Waals surface area (Å²) in [5, 5.41) is 7.85. The van der Waals surface area contributed by atoms with E-state index in [1.807, 2.05) is 7.05 Å². The molecule has 0 saturated heterocycles. The molecule has 1 aromatic carbocycles. The fourth-order valence-corrected chi connectivity index (χ4v) is 2.26. The SMILES string of the molecule is CNc1ccc(-c2nn(CC3CC3)cc2C)cc1. The van der Waals surface area contributed by atoms with Gasteiger partial charge in [-0.1, -0.05) is 12.1 Å². The highest BCUT2D eigenvalue weighted by molar-refractivity contribution is 5.65.